The third kappa shape index (κ3) is 2.79. The van der Waals surface area contributed by atoms with Gasteiger partial charge in [0.05, 0.1) is 10.7 Å². The molecule has 0 saturated heterocycles. The van der Waals surface area contributed by atoms with Gasteiger partial charge in [0.15, 0.2) is 0 Å². The zero-order chi connectivity index (χ0) is 10.8. The molecule has 14 heavy (non-hydrogen) atoms. The van der Waals surface area contributed by atoms with Crippen molar-refractivity contribution in [1.29, 1.82) is 0 Å². The minimum Gasteiger partial charge on any atom is -0.312 e. The van der Waals surface area contributed by atoms with E-state index in [1.54, 1.807) is 0 Å². The second kappa shape index (κ2) is 4.41. The standard InChI is InChI=1S/C11H20N2S/c1-6-12-7-9-10(11(3,4)5)13-8(2)14-9/h12H,6-7H2,1-5H3. The number of hydrogen-bond donors (Lipinski definition) is 1. The Morgan fingerprint density at radius 1 is 1.36 bits per heavy atom. The van der Waals surface area contributed by atoms with Gasteiger partial charge in [0.25, 0.3) is 0 Å². The quantitative estimate of drug-likeness (QED) is 0.833. The highest BCUT2D eigenvalue weighted by Crippen LogP contribution is 2.29. The fraction of sp³-hybridized carbons (Fsp3) is 0.727. The zero-order valence-corrected chi connectivity index (χ0v) is 10.6. The number of hydrogen-bond acceptors (Lipinski definition) is 3. The molecule has 0 bridgehead atoms. The van der Waals surface area contributed by atoms with Crippen LogP contribution in [0.2, 0.25) is 0 Å². The van der Waals surface area contributed by atoms with E-state index in [2.05, 4.69) is 44.9 Å². The zero-order valence-electron chi connectivity index (χ0n) is 9.77. The van der Waals surface area contributed by atoms with Gasteiger partial charge in [-0.1, -0.05) is 27.7 Å². The molecule has 1 rings (SSSR count). The van der Waals surface area contributed by atoms with Crippen LogP contribution < -0.4 is 5.32 Å². The third-order valence-corrected chi connectivity index (χ3v) is 3.02. The Labute approximate surface area is 90.8 Å². The minimum absolute atomic E-state index is 0.162. The summed E-state index contributed by atoms with van der Waals surface area (Å²) in [5.74, 6) is 0. The highest BCUT2D eigenvalue weighted by molar-refractivity contribution is 7.11. The summed E-state index contributed by atoms with van der Waals surface area (Å²) in [6.45, 7) is 12.8. The van der Waals surface area contributed by atoms with Gasteiger partial charge < -0.3 is 5.32 Å². The van der Waals surface area contributed by atoms with E-state index in [9.17, 15) is 0 Å². The van der Waals surface area contributed by atoms with Crippen molar-refractivity contribution < 1.29 is 0 Å². The molecule has 0 unspecified atom stereocenters. The Hall–Kier alpha value is -0.410. The van der Waals surface area contributed by atoms with Crippen molar-refractivity contribution in [3.63, 3.8) is 0 Å². The Morgan fingerprint density at radius 3 is 2.50 bits per heavy atom. The second-order valence-electron chi connectivity index (χ2n) is 4.53. The van der Waals surface area contributed by atoms with Gasteiger partial charge in [-0.15, -0.1) is 11.3 Å². The fourth-order valence-corrected chi connectivity index (χ4v) is 2.53. The van der Waals surface area contributed by atoms with E-state index in [-0.39, 0.29) is 5.41 Å². The smallest absolute Gasteiger partial charge is 0.0900 e. The van der Waals surface area contributed by atoms with Crippen LogP contribution in [0.1, 0.15) is 43.3 Å². The highest BCUT2D eigenvalue weighted by atomic mass is 32.1. The molecule has 0 fully saturated rings. The van der Waals surface area contributed by atoms with Crippen molar-refractivity contribution in [3.8, 4) is 0 Å². The van der Waals surface area contributed by atoms with E-state index < -0.39 is 0 Å². The number of nitrogens with zero attached hydrogens (tertiary/aromatic N) is 1. The Balaban J connectivity index is 2.91. The average Bonchev–Trinajstić information content (AvgIpc) is 2.42. The third-order valence-electron chi connectivity index (χ3n) is 2.05. The molecule has 0 saturated carbocycles. The average molecular weight is 212 g/mol. The maximum Gasteiger partial charge on any atom is 0.0900 e. The van der Waals surface area contributed by atoms with Crippen LogP contribution in [0.3, 0.4) is 0 Å². The topological polar surface area (TPSA) is 24.9 Å². The second-order valence-corrected chi connectivity index (χ2v) is 5.82. The number of aryl methyl sites for hydroxylation is 1. The molecule has 3 heteroatoms. The van der Waals surface area contributed by atoms with Crippen LogP contribution in [0.5, 0.6) is 0 Å². The van der Waals surface area contributed by atoms with Gasteiger partial charge in [-0.25, -0.2) is 4.98 Å². The SMILES string of the molecule is CCNCc1sc(C)nc1C(C)(C)C. The molecule has 1 N–H and O–H groups in total. The molecule has 0 aliphatic rings. The van der Waals surface area contributed by atoms with Gasteiger partial charge in [-0.2, -0.15) is 0 Å². The number of nitrogens with one attached hydrogen (secondary N) is 1. The summed E-state index contributed by atoms with van der Waals surface area (Å²) < 4.78 is 0. The molecule has 0 amide bonds. The van der Waals surface area contributed by atoms with Crippen molar-refractivity contribution in [2.24, 2.45) is 0 Å². The summed E-state index contributed by atoms with van der Waals surface area (Å²) in [4.78, 5) is 6.00. The van der Waals surface area contributed by atoms with E-state index in [0.717, 1.165) is 13.1 Å². The summed E-state index contributed by atoms with van der Waals surface area (Å²) in [6.07, 6.45) is 0. The Bertz CT molecular complexity index is 297. The maximum absolute atomic E-state index is 4.61. The first-order valence-corrected chi connectivity index (χ1v) is 5.94. The number of thiazole rings is 1. The van der Waals surface area contributed by atoms with Gasteiger partial charge in [-0.3, -0.25) is 0 Å². The van der Waals surface area contributed by atoms with Gasteiger partial charge in [0.1, 0.15) is 0 Å². The van der Waals surface area contributed by atoms with Crippen LogP contribution in [-0.4, -0.2) is 11.5 Å². The van der Waals surface area contributed by atoms with E-state index in [1.807, 2.05) is 11.3 Å². The summed E-state index contributed by atoms with van der Waals surface area (Å²) in [7, 11) is 0. The molecule has 0 aliphatic heterocycles. The van der Waals surface area contributed by atoms with Crippen LogP contribution in [0.25, 0.3) is 0 Å². The maximum atomic E-state index is 4.61. The van der Waals surface area contributed by atoms with Gasteiger partial charge in [-0.05, 0) is 13.5 Å². The van der Waals surface area contributed by atoms with E-state index in [0.29, 0.717) is 0 Å². The van der Waals surface area contributed by atoms with Crippen molar-refractivity contribution in [2.45, 2.75) is 46.6 Å². The number of aromatic nitrogens is 1. The van der Waals surface area contributed by atoms with E-state index in [4.69, 9.17) is 0 Å². The van der Waals surface area contributed by atoms with Crippen LogP contribution in [0, 0.1) is 6.92 Å². The largest absolute Gasteiger partial charge is 0.312 e. The molecule has 1 aromatic heterocycles. The first-order valence-electron chi connectivity index (χ1n) is 5.12. The van der Waals surface area contributed by atoms with Crippen molar-refractivity contribution in [3.05, 3.63) is 15.6 Å². The van der Waals surface area contributed by atoms with Gasteiger partial charge in [0.2, 0.25) is 0 Å². The molecule has 0 aromatic carbocycles. The monoisotopic (exact) mass is 212 g/mol. The lowest BCUT2D eigenvalue weighted by Crippen LogP contribution is -2.18. The van der Waals surface area contributed by atoms with Gasteiger partial charge >= 0.3 is 0 Å². The molecular weight excluding hydrogens is 192 g/mol. The van der Waals surface area contributed by atoms with Crippen LogP contribution in [0.15, 0.2) is 0 Å². The van der Waals surface area contributed by atoms with Crippen LogP contribution in [-0.2, 0) is 12.0 Å². The highest BCUT2D eigenvalue weighted by Gasteiger charge is 2.21. The lowest BCUT2D eigenvalue weighted by molar-refractivity contribution is 0.560. The molecule has 0 spiro atoms. The normalized spacial score (nSPS) is 12.1. The lowest BCUT2D eigenvalue weighted by atomic mass is 9.91. The van der Waals surface area contributed by atoms with Crippen LogP contribution >= 0.6 is 11.3 Å². The van der Waals surface area contributed by atoms with Crippen molar-refractivity contribution in [1.82, 2.24) is 10.3 Å². The van der Waals surface area contributed by atoms with Crippen LogP contribution in [0.4, 0.5) is 0 Å². The Morgan fingerprint density at radius 2 is 2.00 bits per heavy atom. The molecule has 80 valence electrons. The summed E-state index contributed by atoms with van der Waals surface area (Å²) in [5, 5.41) is 4.53. The molecule has 1 heterocycles. The fourth-order valence-electron chi connectivity index (χ4n) is 1.41. The van der Waals surface area contributed by atoms with Gasteiger partial charge in [0, 0.05) is 16.8 Å². The summed E-state index contributed by atoms with van der Waals surface area (Å²) >= 11 is 1.81. The molecule has 0 atom stereocenters. The first-order chi connectivity index (χ1) is 6.45. The summed E-state index contributed by atoms with van der Waals surface area (Å²) in [6, 6.07) is 0. The Kier molecular flexibility index (Phi) is 3.67. The minimum atomic E-state index is 0.162. The first kappa shape index (κ1) is 11.7. The molecular formula is C11H20N2S. The lowest BCUT2D eigenvalue weighted by Gasteiger charge is -2.17. The van der Waals surface area contributed by atoms with E-state index >= 15 is 0 Å². The van der Waals surface area contributed by atoms with E-state index in [1.165, 1.54) is 15.6 Å². The molecule has 0 aliphatic carbocycles. The molecule has 2 nitrogen and oxygen atoms in total. The van der Waals surface area contributed by atoms with Crippen molar-refractivity contribution in [2.75, 3.05) is 6.54 Å². The van der Waals surface area contributed by atoms with Crippen molar-refractivity contribution >= 4 is 11.3 Å². The predicted octanol–water partition coefficient (Wildman–Crippen LogP) is 2.86. The number of rotatable bonds is 3. The summed E-state index contributed by atoms with van der Waals surface area (Å²) in [5.41, 5.74) is 1.41. The predicted molar refractivity (Wildman–Crippen MR) is 62.9 cm³/mol. The molecule has 1 aromatic rings. The molecule has 0 radical (unpaired) electrons.